The number of anilines is 1. The summed E-state index contributed by atoms with van der Waals surface area (Å²) in [5.74, 6) is -0.739. The molecule has 0 bridgehead atoms. The Balaban J connectivity index is 1.45. The third-order valence-electron chi connectivity index (χ3n) is 5.32. The van der Waals surface area contributed by atoms with E-state index in [1.807, 2.05) is 29.3 Å². The molecule has 0 aliphatic carbocycles. The molecule has 0 amide bonds. The fraction of sp³-hybridized carbons (Fsp3) is 0.364. The van der Waals surface area contributed by atoms with Crippen LogP contribution in [0.5, 0.6) is 0 Å². The van der Waals surface area contributed by atoms with Gasteiger partial charge in [0.25, 0.3) is 0 Å². The maximum absolute atomic E-state index is 13.6. The lowest BCUT2D eigenvalue weighted by Crippen LogP contribution is -2.29. The van der Waals surface area contributed by atoms with Crippen LogP contribution in [0.25, 0.3) is 5.57 Å². The van der Waals surface area contributed by atoms with E-state index in [9.17, 15) is 13.9 Å². The molecule has 0 saturated carbocycles. The minimum absolute atomic E-state index is 0.261. The average Bonchev–Trinajstić information content (AvgIpc) is 2.75. The Morgan fingerprint density at radius 2 is 1.97 bits per heavy atom. The van der Waals surface area contributed by atoms with E-state index in [4.69, 9.17) is 4.74 Å². The lowest BCUT2D eigenvalue weighted by atomic mass is 10.0. The first-order valence-electron chi connectivity index (χ1n) is 10.0. The fourth-order valence-electron chi connectivity index (χ4n) is 3.71. The van der Waals surface area contributed by atoms with E-state index >= 15 is 0 Å². The van der Waals surface area contributed by atoms with Crippen molar-refractivity contribution in [2.24, 2.45) is 0 Å². The summed E-state index contributed by atoms with van der Waals surface area (Å²) in [6, 6.07) is 4.92. The third kappa shape index (κ3) is 4.83. The van der Waals surface area contributed by atoms with Crippen molar-refractivity contribution >= 4 is 11.5 Å². The van der Waals surface area contributed by atoms with Crippen molar-refractivity contribution in [1.82, 2.24) is 14.9 Å². The van der Waals surface area contributed by atoms with Gasteiger partial charge in [-0.15, -0.1) is 0 Å². The van der Waals surface area contributed by atoms with Crippen LogP contribution in [0, 0.1) is 11.6 Å². The van der Waals surface area contributed by atoms with Crippen LogP contribution in [0.1, 0.15) is 30.1 Å². The highest BCUT2D eigenvalue weighted by molar-refractivity contribution is 5.73. The molecular weight excluding hydrogens is 390 g/mol. The van der Waals surface area contributed by atoms with Gasteiger partial charge < -0.3 is 20.1 Å². The van der Waals surface area contributed by atoms with Crippen LogP contribution in [0.3, 0.4) is 0 Å². The highest BCUT2D eigenvalue weighted by Crippen LogP contribution is 2.27. The molecule has 1 aromatic carbocycles. The molecule has 6 nitrogen and oxygen atoms in total. The summed E-state index contributed by atoms with van der Waals surface area (Å²) in [7, 11) is 0. The molecule has 2 N–H and O–H groups in total. The van der Waals surface area contributed by atoms with Crippen LogP contribution in [-0.2, 0) is 4.74 Å². The maximum Gasteiger partial charge on any atom is 0.223 e. The summed E-state index contributed by atoms with van der Waals surface area (Å²) in [6.45, 7) is 1.69. The second-order valence-electron chi connectivity index (χ2n) is 7.37. The van der Waals surface area contributed by atoms with Crippen molar-refractivity contribution in [1.29, 1.82) is 0 Å². The smallest absolute Gasteiger partial charge is 0.223 e. The van der Waals surface area contributed by atoms with Crippen LogP contribution in [-0.4, -0.2) is 52.4 Å². The van der Waals surface area contributed by atoms with Crippen molar-refractivity contribution in [2.75, 3.05) is 31.7 Å². The van der Waals surface area contributed by atoms with E-state index in [0.29, 0.717) is 24.1 Å². The van der Waals surface area contributed by atoms with Gasteiger partial charge in [-0.05, 0) is 48.3 Å². The molecule has 0 radical (unpaired) electrons. The fourth-order valence-corrected chi connectivity index (χ4v) is 3.71. The number of rotatable bonds is 6. The predicted molar refractivity (Wildman–Crippen MR) is 110 cm³/mol. The second-order valence-corrected chi connectivity index (χ2v) is 7.37. The Hall–Kier alpha value is -2.84. The van der Waals surface area contributed by atoms with Crippen molar-refractivity contribution in [3.8, 4) is 0 Å². The highest BCUT2D eigenvalue weighted by Gasteiger charge is 2.21. The summed E-state index contributed by atoms with van der Waals surface area (Å²) in [5.41, 5.74) is 2.10. The molecule has 2 aromatic rings. The molecule has 4 rings (SSSR count). The topological polar surface area (TPSA) is 70.5 Å². The summed E-state index contributed by atoms with van der Waals surface area (Å²) >= 11 is 0. The monoisotopic (exact) mass is 414 g/mol. The third-order valence-corrected chi connectivity index (χ3v) is 5.32. The Labute approximate surface area is 173 Å². The van der Waals surface area contributed by atoms with E-state index in [1.54, 1.807) is 6.20 Å². The summed E-state index contributed by atoms with van der Waals surface area (Å²) in [6.07, 6.45) is 9.23. The molecule has 0 unspecified atom stereocenters. The number of aromatic nitrogens is 2. The standard InChI is InChI=1S/C22H24F2N4O2/c23-17-11-16(12-18(24)13-17)21(14-29)28-7-2-15(3-8-28)20-1-6-25-22(27-20)26-19-4-9-30-10-5-19/h1-3,6-7,11-13,19,21,29H,4-5,8-10,14H2,(H,25,26,27)/t21-/m1/s1. The number of hydrogen-bond donors (Lipinski definition) is 2. The predicted octanol–water partition coefficient (Wildman–Crippen LogP) is 3.29. The lowest BCUT2D eigenvalue weighted by molar-refractivity contribution is 0.0903. The van der Waals surface area contributed by atoms with Gasteiger partial charge in [0.2, 0.25) is 5.95 Å². The van der Waals surface area contributed by atoms with Crippen LogP contribution in [0.4, 0.5) is 14.7 Å². The molecule has 1 fully saturated rings. The van der Waals surface area contributed by atoms with Crippen LogP contribution >= 0.6 is 0 Å². The Kier molecular flexibility index (Phi) is 6.35. The van der Waals surface area contributed by atoms with Crippen molar-refractivity contribution < 1.29 is 18.6 Å². The SMILES string of the molecule is OC[C@H](c1cc(F)cc(F)c1)N1C=CC(c2ccnc(NC3CCOCC3)n2)=CC1. The number of aliphatic hydroxyl groups excluding tert-OH is 1. The van der Waals surface area contributed by atoms with E-state index in [0.717, 1.165) is 43.4 Å². The molecule has 1 aromatic heterocycles. The zero-order valence-corrected chi connectivity index (χ0v) is 16.5. The molecular formula is C22H24F2N4O2. The number of benzene rings is 1. The first-order valence-corrected chi connectivity index (χ1v) is 10.0. The number of aliphatic hydroxyl groups is 1. The number of nitrogens with zero attached hydrogens (tertiary/aromatic N) is 3. The van der Waals surface area contributed by atoms with E-state index in [-0.39, 0.29) is 6.61 Å². The molecule has 8 heteroatoms. The molecule has 30 heavy (non-hydrogen) atoms. The van der Waals surface area contributed by atoms with Gasteiger partial charge >= 0.3 is 0 Å². The van der Waals surface area contributed by atoms with Crippen molar-refractivity contribution in [2.45, 2.75) is 24.9 Å². The molecule has 3 heterocycles. The van der Waals surface area contributed by atoms with Gasteiger partial charge in [-0.2, -0.15) is 0 Å². The van der Waals surface area contributed by atoms with Gasteiger partial charge in [-0.25, -0.2) is 18.7 Å². The van der Waals surface area contributed by atoms with Crippen LogP contribution in [0.2, 0.25) is 0 Å². The second kappa shape index (κ2) is 9.32. The van der Waals surface area contributed by atoms with E-state index in [2.05, 4.69) is 15.3 Å². The van der Waals surface area contributed by atoms with E-state index in [1.165, 1.54) is 12.1 Å². The van der Waals surface area contributed by atoms with Crippen molar-refractivity contribution in [3.63, 3.8) is 0 Å². The van der Waals surface area contributed by atoms with Gasteiger partial charge in [0, 0.05) is 44.3 Å². The first-order chi connectivity index (χ1) is 14.6. The van der Waals surface area contributed by atoms with Crippen molar-refractivity contribution in [3.05, 3.63) is 71.7 Å². The Morgan fingerprint density at radius 3 is 2.63 bits per heavy atom. The van der Waals surface area contributed by atoms with Crippen LogP contribution in [0.15, 0.2) is 48.8 Å². The minimum atomic E-state index is -0.661. The average molecular weight is 414 g/mol. The Morgan fingerprint density at radius 1 is 1.20 bits per heavy atom. The quantitative estimate of drug-likeness (QED) is 0.756. The van der Waals surface area contributed by atoms with Gasteiger partial charge in [-0.3, -0.25) is 0 Å². The summed E-state index contributed by atoms with van der Waals surface area (Å²) < 4.78 is 32.5. The van der Waals surface area contributed by atoms with Gasteiger partial charge in [-0.1, -0.05) is 6.08 Å². The summed E-state index contributed by atoms with van der Waals surface area (Å²) in [5, 5.41) is 13.2. The molecule has 2 aliphatic rings. The largest absolute Gasteiger partial charge is 0.394 e. The molecule has 1 saturated heterocycles. The van der Waals surface area contributed by atoms with Gasteiger partial charge in [0.1, 0.15) is 11.6 Å². The zero-order valence-electron chi connectivity index (χ0n) is 16.5. The number of ether oxygens (including phenoxy) is 1. The number of allylic oxidation sites excluding steroid dienone is 2. The maximum atomic E-state index is 13.6. The van der Waals surface area contributed by atoms with E-state index < -0.39 is 17.7 Å². The minimum Gasteiger partial charge on any atom is -0.394 e. The zero-order chi connectivity index (χ0) is 20.9. The lowest BCUT2D eigenvalue weighted by Gasteiger charge is -2.31. The van der Waals surface area contributed by atoms with Gasteiger partial charge in [0.15, 0.2) is 0 Å². The molecule has 158 valence electrons. The number of hydrogen-bond acceptors (Lipinski definition) is 6. The normalized spacial score (nSPS) is 18.2. The first kappa shape index (κ1) is 20.4. The molecule has 2 aliphatic heterocycles. The number of halogens is 2. The molecule has 1 atom stereocenters. The Bertz CT molecular complexity index is 924. The molecule has 0 spiro atoms. The number of nitrogens with one attached hydrogen (secondary N) is 1. The van der Waals surface area contributed by atoms with Gasteiger partial charge in [0.05, 0.1) is 18.3 Å². The summed E-state index contributed by atoms with van der Waals surface area (Å²) in [4.78, 5) is 10.8. The highest BCUT2D eigenvalue weighted by atomic mass is 19.1. The van der Waals surface area contributed by atoms with Crippen LogP contribution < -0.4 is 5.32 Å².